The van der Waals surface area contributed by atoms with E-state index in [1.165, 1.54) is 0 Å². The molecule has 25 heavy (non-hydrogen) atoms. The van der Waals surface area contributed by atoms with Crippen LogP contribution in [-0.2, 0) is 25.6 Å². The first-order valence-corrected chi connectivity index (χ1v) is 12.7. The summed E-state index contributed by atoms with van der Waals surface area (Å²) in [4.78, 5) is 0. The van der Waals surface area contributed by atoms with E-state index in [0.717, 1.165) is 5.56 Å². The lowest BCUT2D eigenvalue weighted by Crippen LogP contribution is -2.40. The minimum absolute atomic E-state index is 0.0633. The Balaban J connectivity index is 2.65. The van der Waals surface area contributed by atoms with E-state index < -0.39 is 18.7 Å². The molecule has 0 fully saturated rings. The monoisotopic (exact) mass is 388 g/mol. The van der Waals surface area contributed by atoms with Gasteiger partial charge in [0.2, 0.25) is 0 Å². The van der Waals surface area contributed by atoms with Gasteiger partial charge < -0.3 is 8.61 Å². The molecule has 0 atom stereocenters. The van der Waals surface area contributed by atoms with Crippen molar-refractivity contribution < 1.29 is 21.2 Å². The van der Waals surface area contributed by atoms with Crippen LogP contribution in [0.15, 0.2) is 24.3 Å². The largest absolute Gasteiger partial charge is 0.449 e. The maximum Gasteiger partial charge on any atom is 0.449 e. The fourth-order valence-corrected chi connectivity index (χ4v) is 3.37. The van der Waals surface area contributed by atoms with Gasteiger partial charge in [-0.1, -0.05) is 53.7 Å². The second kappa shape index (κ2) is 7.78. The predicted octanol–water partition coefficient (Wildman–Crippen LogP) is 4.89. The van der Waals surface area contributed by atoms with E-state index in [9.17, 15) is 8.42 Å². The highest BCUT2D eigenvalue weighted by atomic mass is 32.3. The molecule has 0 heterocycles. The molecule has 1 rings (SSSR count). The first kappa shape index (κ1) is 22.1. The lowest BCUT2D eigenvalue weighted by molar-refractivity contribution is 0.184. The molecule has 0 spiro atoms. The van der Waals surface area contributed by atoms with Gasteiger partial charge in [-0.05, 0) is 41.2 Å². The number of rotatable bonds is 7. The van der Waals surface area contributed by atoms with Crippen molar-refractivity contribution in [3.8, 4) is 5.75 Å². The zero-order valence-electron chi connectivity index (χ0n) is 16.7. The average molecular weight is 389 g/mol. The Hall–Kier alpha value is -0.893. The molecule has 0 radical (unpaired) electrons. The summed E-state index contributed by atoms with van der Waals surface area (Å²) in [6.45, 7) is 17.2. The Morgan fingerprint density at radius 2 is 1.48 bits per heavy atom. The van der Waals surface area contributed by atoms with E-state index in [1.54, 1.807) is 12.1 Å². The van der Waals surface area contributed by atoms with Gasteiger partial charge in [0.15, 0.2) is 8.32 Å². The number of hydrogen-bond donors (Lipinski definition) is 0. The second-order valence-corrected chi connectivity index (χ2v) is 15.0. The van der Waals surface area contributed by atoms with Crippen LogP contribution in [0, 0.1) is 5.41 Å². The van der Waals surface area contributed by atoms with E-state index in [0.29, 0.717) is 6.61 Å². The van der Waals surface area contributed by atoms with Gasteiger partial charge in [0, 0.05) is 0 Å². The van der Waals surface area contributed by atoms with Crippen molar-refractivity contribution in [2.24, 2.45) is 5.41 Å². The van der Waals surface area contributed by atoms with Gasteiger partial charge in [-0.2, -0.15) is 8.42 Å². The van der Waals surface area contributed by atoms with Crippen molar-refractivity contribution in [2.75, 3.05) is 6.61 Å². The van der Waals surface area contributed by atoms with Crippen LogP contribution in [0.2, 0.25) is 18.1 Å². The molecule has 0 unspecified atom stereocenters. The van der Waals surface area contributed by atoms with Gasteiger partial charge in [0.25, 0.3) is 0 Å². The molecule has 0 saturated heterocycles. The van der Waals surface area contributed by atoms with Crippen LogP contribution in [0.1, 0.15) is 47.1 Å². The summed E-state index contributed by atoms with van der Waals surface area (Å²) in [6, 6.07) is 6.84. The molecule has 0 aliphatic rings. The van der Waals surface area contributed by atoms with Crippen LogP contribution in [0.5, 0.6) is 5.75 Å². The molecule has 0 N–H and O–H groups in total. The van der Waals surface area contributed by atoms with Crippen LogP contribution >= 0.6 is 0 Å². The van der Waals surface area contributed by atoms with Crippen LogP contribution in [0.25, 0.3) is 0 Å². The number of benzene rings is 1. The molecule has 0 aromatic heterocycles. The summed E-state index contributed by atoms with van der Waals surface area (Å²) in [7, 11) is -5.88. The van der Waals surface area contributed by atoms with E-state index in [2.05, 4.69) is 33.9 Å². The predicted molar refractivity (Wildman–Crippen MR) is 103 cm³/mol. The maximum atomic E-state index is 11.8. The Labute approximate surface area is 154 Å². The third-order valence-corrected chi connectivity index (χ3v) is 9.45. The van der Waals surface area contributed by atoms with Crippen LogP contribution in [0.3, 0.4) is 0 Å². The lowest BCUT2D eigenvalue weighted by atomic mass is 9.99. The smallest absolute Gasteiger partial charge is 0.413 e. The van der Waals surface area contributed by atoms with Crippen molar-refractivity contribution >= 4 is 18.7 Å². The summed E-state index contributed by atoms with van der Waals surface area (Å²) >= 11 is 0. The van der Waals surface area contributed by atoms with E-state index in [-0.39, 0.29) is 22.8 Å². The van der Waals surface area contributed by atoms with E-state index in [4.69, 9.17) is 12.8 Å². The van der Waals surface area contributed by atoms with Gasteiger partial charge in [0.1, 0.15) is 5.75 Å². The van der Waals surface area contributed by atoms with Crippen molar-refractivity contribution in [1.29, 1.82) is 0 Å². The van der Waals surface area contributed by atoms with Crippen molar-refractivity contribution in [3.63, 3.8) is 0 Å². The molecule has 1 aromatic carbocycles. The molecule has 7 heteroatoms. The molecule has 0 amide bonds. The van der Waals surface area contributed by atoms with Crippen LogP contribution in [0.4, 0.5) is 0 Å². The first-order chi connectivity index (χ1) is 11.1. The zero-order chi connectivity index (χ0) is 19.5. The molecular weight excluding hydrogens is 356 g/mol. The topological polar surface area (TPSA) is 61.8 Å². The molecule has 5 nitrogen and oxygen atoms in total. The highest BCUT2D eigenvalue weighted by molar-refractivity contribution is 7.82. The van der Waals surface area contributed by atoms with Gasteiger partial charge in [0.05, 0.1) is 13.2 Å². The maximum absolute atomic E-state index is 11.8. The summed E-state index contributed by atoms with van der Waals surface area (Å²) in [6.07, 6.45) is 0. The van der Waals surface area contributed by atoms with E-state index >= 15 is 0 Å². The minimum Gasteiger partial charge on any atom is -0.413 e. The molecule has 1 aromatic rings. The Kier molecular flexibility index (Phi) is 6.89. The highest BCUT2D eigenvalue weighted by Gasteiger charge is 2.37. The summed E-state index contributed by atoms with van der Waals surface area (Å²) in [5.41, 5.74) is 0.714. The normalized spacial score (nSPS) is 13.8. The third-order valence-electron chi connectivity index (χ3n) is 4.16. The summed E-state index contributed by atoms with van der Waals surface area (Å²) in [5.74, 6) is 0.227. The molecule has 0 aliphatic carbocycles. The SMILES string of the molecule is CC(C)(C)COS(=O)(=O)Oc1ccc(CO[Si](C)(C)C(C)(C)C)cc1. The van der Waals surface area contributed by atoms with Crippen molar-refractivity contribution in [3.05, 3.63) is 29.8 Å². The molecule has 144 valence electrons. The number of hydrogen-bond acceptors (Lipinski definition) is 5. The quantitative estimate of drug-likeness (QED) is 0.622. The van der Waals surface area contributed by atoms with Crippen molar-refractivity contribution in [1.82, 2.24) is 0 Å². The minimum atomic E-state index is -4.06. The Morgan fingerprint density at radius 3 is 1.92 bits per heavy atom. The average Bonchev–Trinajstić information content (AvgIpc) is 2.42. The molecule has 0 bridgehead atoms. The molecular formula is C18H32O5SSi. The lowest BCUT2D eigenvalue weighted by Gasteiger charge is -2.36. The standard InChI is InChI=1S/C18H32O5SSi/c1-17(2,3)14-21-24(19,20)23-16-11-9-15(10-12-16)13-22-25(7,8)18(4,5)6/h9-12H,13-14H2,1-8H3. The van der Waals surface area contributed by atoms with Gasteiger partial charge >= 0.3 is 10.4 Å². The third kappa shape index (κ3) is 7.90. The Bertz CT molecular complexity index is 652. The van der Waals surface area contributed by atoms with Gasteiger partial charge in [-0.3, -0.25) is 0 Å². The summed E-state index contributed by atoms with van der Waals surface area (Å²) in [5, 5.41) is 0.147. The molecule has 0 aliphatic heterocycles. The van der Waals surface area contributed by atoms with Crippen LogP contribution < -0.4 is 4.18 Å². The Morgan fingerprint density at radius 1 is 0.960 bits per heavy atom. The van der Waals surface area contributed by atoms with Crippen molar-refractivity contribution in [2.45, 2.75) is 66.3 Å². The zero-order valence-corrected chi connectivity index (χ0v) is 18.5. The second-order valence-electron chi connectivity index (χ2n) is 9.01. The van der Waals surface area contributed by atoms with Gasteiger partial charge in [-0.25, -0.2) is 4.18 Å². The van der Waals surface area contributed by atoms with Gasteiger partial charge in [-0.15, -0.1) is 0 Å². The molecule has 0 saturated carbocycles. The highest BCUT2D eigenvalue weighted by Crippen LogP contribution is 2.37. The van der Waals surface area contributed by atoms with E-state index in [1.807, 2.05) is 32.9 Å². The summed E-state index contributed by atoms with van der Waals surface area (Å²) < 4.78 is 39.7. The fraction of sp³-hybridized carbons (Fsp3) is 0.667. The fourth-order valence-electron chi connectivity index (χ4n) is 1.51. The first-order valence-electron chi connectivity index (χ1n) is 8.43. The van der Waals surface area contributed by atoms with Crippen LogP contribution in [-0.4, -0.2) is 23.3 Å².